The van der Waals surface area contributed by atoms with Crippen LogP contribution in [0.15, 0.2) is 559 Å². The Kier molecular flexibility index (Phi) is 18.5. The summed E-state index contributed by atoms with van der Waals surface area (Å²) in [6.45, 7) is 0. The molecule has 3 aromatic heterocycles. The van der Waals surface area contributed by atoms with Gasteiger partial charge in [0.2, 0.25) is 0 Å². The third-order valence-corrected chi connectivity index (χ3v) is 29.6. The molecule has 0 aliphatic carbocycles. The highest BCUT2D eigenvalue weighted by Gasteiger charge is 2.28. The third kappa shape index (κ3) is 14.6. The molecule has 3 heterocycles. The van der Waals surface area contributed by atoms with Gasteiger partial charge in [0.05, 0.1) is 13.7 Å². The van der Waals surface area contributed by atoms with Crippen LogP contribution in [0.5, 0.6) is 0 Å². The molecule has 0 spiro atoms. The van der Waals surface area contributed by atoms with Crippen LogP contribution in [0.25, 0.3) is 296 Å². The summed E-state index contributed by atoms with van der Waals surface area (Å²) in [6.07, 6.45) is 0. The predicted molar refractivity (Wildman–Crippen MR) is 624 cm³/mol. The van der Waals surface area contributed by atoms with Crippen molar-refractivity contribution in [2.75, 3.05) is 0 Å². The molecule has 30 rings (SSSR count). The average Bonchev–Trinajstić information content (AvgIpc) is 1.15. The van der Waals surface area contributed by atoms with Gasteiger partial charge in [-0.1, -0.05) is 497 Å². The van der Waals surface area contributed by atoms with Crippen LogP contribution in [0.3, 0.4) is 0 Å². The first-order chi connectivity index (χ1) is 77.1. The van der Waals surface area contributed by atoms with Gasteiger partial charge in [-0.2, -0.15) is 0 Å². The second kappa shape index (κ2) is 36.0. The fourth-order valence-electron chi connectivity index (χ4n) is 23.2. The Balaban J connectivity index is 0.000000112. The van der Waals surface area contributed by atoms with Crippen LogP contribution in [0.2, 0.25) is 0 Å². The van der Waals surface area contributed by atoms with Crippen LogP contribution in [-0.4, -0.2) is 0 Å². The minimum atomic E-state index is -0.402. The highest BCUT2D eigenvalue weighted by molar-refractivity contribution is 6.30. The molecule has 0 radical (unpaired) electrons. The molecule has 3 nitrogen and oxygen atoms in total. The molecule has 0 fully saturated rings. The number of hydrogen-bond donors (Lipinski definition) is 0. The molecule has 0 saturated carbocycles. The lowest BCUT2D eigenvalue weighted by Gasteiger charge is -2.20. The van der Waals surface area contributed by atoms with Gasteiger partial charge >= 0.3 is 0 Å². The van der Waals surface area contributed by atoms with Crippen LogP contribution < -0.4 is 0 Å². The first kappa shape index (κ1) is 75.6. The van der Waals surface area contributed by atoms with Gasteiger partial charge in [-0.05, 0) is 268 Å². The monoisotopic (exact) mass is 1880 g/mol. The Morgan fingerprint density at radius 1 is 0.129 bits per heavy atom. The van der Waals surface area contributed by atoms with Crippen LogP contribution in [0.4, 0.5) is 0 Å². The first-order valence-electron chi connectivity index (χ1n) is 54.7. The largest absolute Gasteiger partial charge is 0.456 e. The molecule has 30 aromatic rings. The van der Waals surface area contributed by atoms with E-state index in [0.29, 0.717) is 11.1 Å². The second-order valence-corrected chi connectivity index (χ2v) is 37.6. The van der Waals surface area contributed by atoms with Crippen molar-refractivity contribution >= 4 is 163 Å². The zero-order valence-electron chi connectivity index (χ0n) is 89.4. The summed E-state index contributed by atoms with van der Waals surface area (Å²) in [4.78, 5) is 0. The van der Waals surface area contributed by atoms with E-state index in [4.69, 9.17) is 27.0 Å². The molecule has 3 heteroatoms. The zero-order valence-corrected chi connectivity index (χ0v) is 79.4. The van der Waals surface area contributed by atoms with Crippen molar-refractivity contribution in [1.29, 1.82) is 0 Å². The molecule has 147 heavy (non-hydrogen) atoms. The molecule has 0 N–H and O–H groups in total. The minimum Gasteiger partial charge on any atom is -0.456 e. The zero-order chi connectivity index (χ0) is 106. The molecule has 27 aromatic carbocycles. The smallest absolute Gasteiger partial charge is 0.143 e. The number of hydrogen-bond acceptors (Lipinski definition) is 3. The van der Waals surface area contributed by atoms with E-state index in [1.54, 1.807) is 0 Å². The number of benzene rings is 27. The van der Waals surface area contributed by atoms with Gasteiger partial charge in [0.15, 0.2) is 0 Å². The van der Waals surface area contributed by atoms with Crippen LogP contribution in [0, 0.1) is 0 Å². The summed E-state index contributed by atoms with van der Waals surface area (Å²) < 4.78 is 106. The average molecular weight is 1880 g/mol. The molecule has 0 aliphatic heterocycles. The number of fused-ring (bicyclic) bond motifs is 18. The van der Waals surface area contributed by atoms with Gasteiger partial charge in [0, 0.05) is 43.4 Å². The number of rotatable bonds is 12. The van der Waals surface area contributed by atoms with Crippen LogP contribution in [0.1, 0.15) is 13.7 Å². The van der Waals surface area contributed by atoms with Gasteiger partial charge < -0.3 is 13.3 Å². The van der Waals surface area contributed by atoms with Crippen molar-refractivity contribution in [2.45, 2.75) is 0 Å². The highest BCUT2D eigenvalue weighted by atomic mass is 16.3. The summed E-state index contributed by atoms with van der Waals surface area (Å²) in [6, 6.07) is 166. The standard InChI is InChI=1S/3C48H30O/c1-3-15-31(16-4-1)33-27-29-42(47-43-25-13-14-26-44(43)49-48(33)47)36-28-30-41(35-20-8-7-19-34(35)36)46-39-23-11-9-21-37(39)45(32-17-5-2-6-18-32)38-22-10-12-24-40(38)46;1-3-15-31(16-4-1)33-29-43(48-42-25-13-14-26-44(42)49-45(48)30-33)36-27-28-41(35-20-8-7-19-34(35)36)47-39-23-11-9-21-37(39)46(32-17-5-2-6-18-32)38-22-10-12-24-40(38)47;1-2-13-33(14-3-1)45-39-16-6-8-18-41(39)46(42-19-9-7-17-40(42)45)34-25-23-32(24-26-34)37-28-29-38(36-27-22-31-12-4-5-15-35(31)30-36)48-47(37)43-20-10-11-21-44(43)49-48/h3*1-30H/i2*2D,5D,6D,17D,18D;. The van der Waals surface area contributed by atoms with Crippen LogP contribution >= 0.6 is 0 Å². The summed E-state index contributed by atoms with van der Waals surface area (Å²) in [5, 5.41) is 25.4. The van der Waals surface area contributed by atoms with E-state index >= 15 is 0 Å². The van der Waals surface area contributed by atoms with Gasteiger partial charge in [-0.3, -0.25) is 0 Å². The fourth-order valence-corrected chi connectivity index (χ4v) is 23.2. The fraction of sp³-hybridized carbons (Fsp3) is 0. The summed E-state index contributed by atoms with van der Waals surface area (Å²) in [5.74, 6) is 0. The molecule has 0 saturated heterocycles. The van der Waals surface area contributed by atoms with E-state index in [1.807, 2.05) is 127 Å². The van der Waals surface area contributed by atoms with E-state index in [0.717, 1.165) is 208 Å². The van der Waals surface area contributed by atoms with Gasteiger partial charge in [0.1, 0.15) is 33.5 Å². The van der Waals surface area contributed by atoms with Gasteiger partial charge in [0.25, 0.3) is 0 Å². The van der Waals surface area contributed by atoms with E-state index < -0.39 is 12.1 Å². The van der Waals surface area contributed by atoms with E-state index in [1.165, 1.54) is 65.7 Å². The minimum absolute atomic E-state index is 0.204. The normalized spacial score (nSPS) is 12.6. The summed E-state index contributed by atoms with van der Waals surface area (Å²) in [7, 11) is 0. The van der Waals surface area contributed by atoms with Crippen molar-refractivity contribution in [2.24, 2.45) is 0 Å². The van der Waals surface area contributed by atoms with Gasteiger partial charge in [-0.25, -0.2) is 0 Å². The lowest BCUT2D eigenvalue weighted by atomic mass is 9.83. The Labute approximate surface area is 863 Å². The Morgan fingerprint density at radius 3 is 0.850 bits per heavy atom. The SMILES string of the molecule is [2H]c1c([2H])c([2H])c(-c2c3ccccc3c(-c3ccc(-c4cc(-c5ccccc5)cc5oc6ccccc6c45)c4ccccc34)c3ccccc23)c([2H])c1[2H].[2H]c1c([2H])c([2H])c(-c2c3ccccc3c(-c3ccc(-c4ccc(-c5ccccc5)c5oc6ccccc6c45)c4ccccc34)c3ccccc23)c([2H])c1[2H].c1ccc(-c2c3ccccc3c(-c3ccc(-c4ccc(-c5ccc6ccccc6c5)c5oc6ccccc6c45)cc3)c3ccccc23)cc1. The molecule has 0 unspecified atom stereocenters. The third-order valence-electron chi connectivity index (χ3n) is 29.6. The van der Waals surface area contributed by atoms with Gasteiger partial charge in [-0.15, -0.1) is 0 Å². The van der Waals surface area contributed by atoms with Crippen molar-refractivity contribution in [1.82, 2.24) is 0 Å². The van der Waals surface area contributed by atoms with E-state index in [2.05, 4.69) is 358 Å². The molecule has 0 bridgehead atoms. The molecule has 0 atom stereocenters. The molecule has 684 valence electrons. The summed E-state index contributed by atoms with van der Waals surface area (Å²) >= 11 is 0. The Hall–Kier alpha value is -19.3. The van der Waals surface area contributed by atoms with E-state index in [-0.39, 0.29) is 59.5 Å². The quantitative estimate of drug-likeness (QED) is 0.114. The lowest BCUT2D eigenvalue weighted by molar-refractivity contribution is 0.669. The van der Waals surface area contributed by atoms with Crippen molar-refractivity contribution in [3.8, 4) is 134 Å². The maximum Gasteiger partial charge on any atom is 0.143 e. The Bertz CT molecular complexity index is 11000. The Morgan fingerprint density at radius 2 is 0.408 bits per heavy atom. The van der Waals surface area contributed by atoms with E-state index in [9.17, 15) is 0 Å². The maximum atomic E-state index is 8.94. The number of para-hydroxylation sites is 3. The summed E-state index contributed by atoms with van der Waals surface area (Å²) in [5.41, 5.74) is 29.3. The predicted octanol–water partition coefficient (Wildman–Crippen LogP) is 41.1. The topological polar surface area (TPSA) is 39.4 Å². The maximum absolute atomic E-state index is 8.94. The van der Waals surface area contributed by atoms with Crippen molar-refractivity contribution in [3.63, 3.8) is 0 Å². The first-order valence-corrected chi connectivity index (χ1v) is 49.7. The van der Waals surface area contributed by atoms with Crippen molar-refractivity contribution in [3.05, 3.63) is 546 Å². The van der Waals surface area contributed by atoms with Crippen molar-refractivity contribution < 1.29 is 27.0 Å². The molecule has 0 amide bonds. The number of furan rings is 3. The molecule has 0 aliphatic rings. The molecular weight excluding hydrogens is 1780 g/mol. The second-order valence-electron chi connectivity index (χ2n) is 37.6. The molecular formula is C144H90O3. The lowest BCUT2D eigenvalue weighted by Crippen LogP contribution is -1.92. The van der Waals surface area contributed by atoms with Crippen LogP contribution in [-0.2, 0) is 0 Å². The highest BCUT2D eigenvalue weighted by Crippen LogP contribution is 2.54.